The van der Waals surface area contributed by atoms with E-state index in [1.807, 2.05) is 38.2 Å². The molecule has 1 N–H and O–H groups in total. The van der Waals surface area contributed by atoms with Crippen LogP contribution in [0.3, 0.4) is 0 Å². The SMILES string of the molecule is C#C/C=C\C(OC)=C(/C)CSC.C=C/C=C\C=C(/C)C1=NCCN1.COC. The quantitative estimate of drug-likeness (QED) is 0.397. The van der Waals surface area contributed by atoms with Crippen LogP contribution in [0.2, 0.25) is 0 Å². The van der Waals surface area contributed by atoms with E-state index in [-0.39, 0.29) is 0 Å². The summed E-state index contributed by atoms with van der Waals surface area (Å²) >= 11 is 1.76. The van der Waals surface area contributed by atoms with Gasteiger partial charge in [0.25, 0.3) is 0 Å². The summed E-state index contributed by atoms with van der Waals surface area (Å²) in [6.45, 7) is 9.54. The molecule has 0 atom stereocenters. The number of thioether (sulfide) groups is 1. The molecule has 1 rings (SSSR count). The monoisotopic (exact) mass is 390 g/mol. The molecular weight excluding hydrogens is 356 g/mol. The zero-order chi connectivity index (χ0) is 20.9. The van der Waals surface area contributed by atoms with E-state index in [0.717, 1.165) is 30.4 Å². The molecule has 1 heterocycles. The lowest BCUT2D eigenvalue weighted by atomic mass is 10.2. The molecule has 1 aliphatic rings. The Bertz CT molecular complexity index is 594. The van der Waals surface area contributed by atoms with Crippen molar-refractivity contribution in [3.63, 3.8) is 0 Å². The van der Waals surface area contributed by atoms with Gasteiger partial charge in [-0.25, -0.2) is 0 Å². The van der Waals surface area contributed by atoms with Crippen LogP contribution in [-0.4, -0.2) is 52.3 Å². The Morgan fingerprint density at radius 3 is 2.44 bits per heavy atom. The summed E-state index contributed by atoms with van der Waals surface area (Å²) in [4.78, 5) is 4.29. The normalized spacial score (nSPS) is 14.1. The Morgan fingerprint density at radius 2 is 2.00 bits per heavy atom. The lowest BCUT2D eigenvalue weighted by Crippen LogP contribution is -2.19. The highest BCUT2D eigenvalue weighted by atomic mass is 32.2. The number of hydrogen-bond acceptors (Lipinski definition) is 5. The summed E-state index contributed by atoms with van der Waals surface area (Å²) in [6.07, 6.45) is 18.2. The van der Waals surface area contributed by atoms with Gasteiger partial charge in [0.1, 0.15) is 11.6 Å². The zero-order valence-electron chi connectivity index (χ0n) is 17.5. The first-order valence-corrected chi connectivity index (χ1v) is 9.91. The minimum absolute atomic E-state index is 0.863. The summed E-state index contributed by atoms with van der Waals surface area (Å²) in [6, 6.07) is 0. The van der Waals surface area contributed by atoms with E-state index in [1.54, 1.807) is 45.2 Å². The number of rotatable bonds is 7. The van der Waals surface area contributed by atoms with Gasteiger partial charge in [-0.3, -0.25) is 4.99 Å². The highest BCUT2D eigenvalue weighted by molar-refractivity contribution is 7.98. The number of methoxy groups -OCH3 is 2. The molecule has 4 nitrogen and oxygen atoms in total. The van der Waals surface area contributed by atoms with Crippen LogP contribution >= 0.6 is 11.8 Å². The number of terminal acetylenes is 1. The van der Waals surface area contributed by atoms with E-state index in [2.05, 4.69) is 33.8 Å². The molecule has 0 fully saturated rings. The second-order valence-electron chi connectivity index (χ2n) is 5.32. The first kappa shape index (κ1) is 27.1. The van der Waals surface area contributed by atoms with E-state index in [4.69, 9.17) is 11.2 Å². The third-order valence-electron chi connectivity index (χ3n) is 2.97. The lowest BCUT2D eigenvalue weighted by Gasteiger charge is -2.04. The minimum Gasteiger partial charge on any atom is -0.497 e. The average Bonchev–Trinajstić information content (AvgIpc) is 3.19. The molecule has 0 saturated heterocycles. The van der Waals surface area contributed by atoms with Crippen LogP contribution in [0.15, 0.2) is 64.9 Å². The fourth-order valence-corrected chi connectivity index (χ4v) is 2.39. The van der Waals surface area contributed by atoms with Crippen LogP contribution < -0.4 is 5.32 Å². The fraction of sp³-hybridized carbons (Fsp3) is 0.409. The van der Waals surface area contributed by atoms with Gasteiger partial charge in [-0.2, -0.15) is 11.8 Å². The second kappa shape index (κ2) is 20.2. The van der Waals surface area contributed by atoms with Crippen molar-refractivity contribution in [1.82, 2.24) is 5.32 Å². The number of amidine groups is 1. The Kier molecular flexibility index (Phi) is 20.2. The van der Waals surface area contributed by atoms with Gasteiger partial charge in [0.05, 0.1) is 13.7 Å². The molecule has 0 aromatic rings. The van der Waals surface area contributed by atoms with Gasteiger partial charge in [-0.15, -0.1) is 6.42 Å². The van der Waals surface area contributed by atoms with Gasteiger partial charge >= 0.3 is 0 Å². The molecule has 1 aliphatic heterocycles. The van der Waals surface area contributed by atoms with Gasteiger partial charge < -0.3 is 14.8 Å². The van der Waals surface area contributed by atoms with Crippen molar-refractivity contribution in [2.24, 2.45) is 4.99 Å². The van der Waals surface area contributed by atoms with E-state index in [1.165, 1.54) is 11.1 Å². The summed E-state index contributed by atoms with van der Waals surface area (Å²) in [7, 11) is 4.90. The van der Waals surface area contributed by atoms with Crippen LogP contribution in [0.1, 0.15) is 13.8 Å². The summed E-state index contributed by atoms with van der Waals surface area (Å²) < 4.78 is 9.40. The highest BCUT2D eigenvalue weighted by Gasteiger charge is 2.04. The van der Waals surface area contributed by atoms with Crippen molar-refractivity contribution in [1.29, 1.82) is 0 Å². The third kappa shape index (κ3) is 15.8. The zero-order valence-corrected chi connectivity index (χ0v) is 18.4. The molecule has 0 saturated carbocycles. The summed E-state index contributed by atoms with van der Waals surface area (Å²) in [5, 5.41) is 3.21. The smallest absolute Gasteiger partial charge is 0.123 e. The number of aliphatic imine (C=N–C) groups is 1. The molecule has 0 aromatic carbocycles. The first-order chi connectivity index (χ1) is 13.0. The van der Waals surface area contributed by atoms with Crippen molar-refractivity contribution >= 4 is 17.6 Å². The Labute approximate surface area is 170 Å². The fourth-order valence-electron chi connectivity index (χ4n) is 1.82. The van der Waals surface area contributed by atoms with Gasteiger partial charge in [-0.05, 0) is 43.4 Å². The van der Waals surface area contributed by atoms with Crippen LogP contribution in [0.25, 0.3) is 0 Å². The Morgan fingerprint density at radius 1 is 1.33 bits per heavy atom. The number of allylic oxidation sites excluding steroid dienone is 6. The molecule has 27 heavy (non-hydrogen) atoms. The molecular formula is C22H34N2O2S. The molecule has 0 amide bonds. The third-order valence-corrected chi connectivity index (χ3v) is 3.70. The molecule has 0 spiro atoms. The Balaban J connectivity index is 0. The van der Waals surface area contributed by atoms with Crippen LogP contribution in [-0.2, 0) is 9.47 Å². The van der Waals surface area contributed by atoms with Crippen molar-refractivity contribution in [2.45, 2.75) is 13.8 Å². The second-order valence-corrected chi connectivity index (χ2v) is 6.18. The van der Waals surface area contributed by atoms with Crippen molar-refractivity contribution < 1.29 is 9.47 Å². The van der Waals surface area contributed by atoms with Gasteiger partial charge in [0, 0.05) is 26.5 Å². The van der Waals surface area contributed by atoms with Crippen molar-refractivity contribution in [2.75, 3.05) is 46.4 Å². The molecule has 0 unspecified atom stereocenters. The topological polar surface area (TPSA) is 42.8 Å². The van der Waals surface area contributed by atoms with Crippen LogP contribution in [0, 0.1) is 12.3 Å². The molecule has 5 heteroatoms. The number of nitrogens with zero attached hydrogens (tertiary/aromatic N) is 1. The maximum Gasteiger partial charge on any atom is 0.123 e. The van der Waals surface area contributed by atoms with Crippen molar-refractivity contribution in [3.05, 3.63) is 59.9 Å². The molecule has 0 bridgehead atoms. The van der Waals surface area contributed by atoms with Gasteiger partial charge in [0.15, 0.2) is 0 Å². The van der Waals surface area contributed by atoms with Crippen LogP contribution in [0.5, 0.6) is 0 Å². The molecule has 0 aliphatic carbocycles. The maximum absolute atomic E-state index is 5.15. The van der Waals surface area contributed by atoms with Gasteiger partial charge in [-0.1, -0.05) is 36.8 Å². The minimum atomic E-state index is 0.863. The maximum atomic E-state index is 5.15. The van der Waals surface area contributed by atoms with E-state index >= 15 is 0 Å². The Hall–Kier alpha value is -2.16. The molecule has 150 valence electrons. The predicted molar refractivity (Wildman–Crippen MR) is 122 cm³/mol. The van der Waals surface area contributed by atoms with Crippen LogP contribution in [0.4, 0.5) is 0 Å². The first-order valence-electron chi connectivity index (χ1n) is 8.52. The number of ether oxygens (including phenoxy) is 2. The number of nitrogens with one attached hydrogen (secondary N) is 1. The highest BCUT2D eigenvalue weighted by Crippen LogP contribution is 2.11. The van der Waals surface area contributed by atoms with E-state index in [0.29, 0.717) is 0 Å². The van der Waals surface area contributed by atoms with Crippen molar-refractivity contribution in [3.8, 4) is 12.3 Å². The largest absolute Gasteiger partial charge is 0.497 e. The average molecular weight is 391 g/mol. The molecule has 0 radical (unpaired) electrons. The van der Waals surface area contributed by atoms with E-state index < -0.39 is 0 Å². The van der Waals surface area contributed by atoms with Gasteiger partial charge in [0.2, 0.25) is 0 Å². The lowest BCUT2D eigenvalue weighted by molar-refractivity contribution is 0.277. The van der Waals surface area contributed by atoms with E-state index in [9.17, 15) is 0 Å². The summed E-state index contributed by atoms with van der Waals surface area (Å²) in [5.74, 6) is 5.28. The standard InChI is InChI=1S/C10H14N2.C10H14OS.C2H6O/c1-3-4-5-6-9(2)10-11-7-8-12-10;1-5-6-7-10(11-3)9(2)8-12-4;1-3-2/h3-6H,1,7-8H2,2H3,(H,11,12);1,6-7H,8H2,2-4H3;1-2H3/b5-4-,9-6+;7-6-,10-9-;. The predicted octanol–water partition coefficient (Wildman–Crippen LogP) is 4.40. The summed E-state index contributed by atoms with van der Waals surface area (Å²) in [5.41, 5.74) is 2.38. The molecule has 0 aromatic heterocycles. The number of hydrogen-bond donors (Lipinski definition) is 1.